The maximum absolute atomic E-state index is 13.3. The van der Waals surface area contributed by atoms with Gasteiger partial charge in [-0.25, -0.2) is 9.18 Å². The van der Waals surface area contributed by atoms with Crippen molar-refractivity contribution in [2.24, 2.45) is 11.7 Å². The minimum Gasteiger partial charge on any atom is -0.399 e. The first-order chi connectivity index (χ1) is 9.95. The van der Waals surface area contributed by atoms with Gasteiger partial charge >= 0.3 is 6.03 Å². The maximum atomic E-state index is 13.3. The Bertz CT molecular complexity index is 530. The summed E-state index contributed by atoms with van der Waals surface area (Å²) < 4.78 is 13.3. The fourth-order valence-electron chi connectivity index (χ4n) is 2.58. The molecule has 1 saturated heterocycles. The van der Waals surface area contributed by atoms with Crippen LogP contribution < -0.4 is 16.8 Å². The lowest BCUT2D eigenvalue weighted by atomic mass is 9.97. The summed E-state index contributed by atoms with van der Waals surface area (Å²) in [6.07, 6.45) is 1.75. The van der Waals surface area contributed by atoms with Gasteiger partial charge in [0.05, 0.1) is 0 Å². The number of benzene rings is 1. The van der Waals surface area contributed by atoms with Gasteiger partial charge in [0.2, 0.25) is 0 Å². The molecule has 0 aromatic heterocycles. The Balaban J connectivity index is 2.03. The average Bonchev–Trinajstić information content (AvgIpc) is 2.43. The third-order valence-electron chi connectivity index (χ3n) is 3.54. The van der Waals surface area contributed by atoms with E-state index in [0.29, 0.717) is 19.6 Å². The number of anilines is 1. The van der Waals surface area contributed by atoms with Gasteiger partial charge in [0, 0.05) is 30.9 Å². The number of halogens is 1. The fraction of sp³-hybridized carbons (Fsp3) is 0.429. The summed E-state index contributed by atoms with van der Waals surface area (Å²) in [5.41, 5.74) is 11.1. The molecule has 0 spiro atoms. The zero-order valence-electron chi connectivity index (χ0n) is 11.6. The first-order valence-corrected chi connectivity index (χ1v) is 6.84. The SMILES string of the molecule is NC(=O)NCC1CCCN(C(=O)c2cc(N)cc(F)c2)C1. The Hall–Kier alpha value is -2.31. The Kier molecular flexibility index (Phi) is 4.62. The molecule has 2 rings (SSSR count). The molecule has 0 saturated carbocycles. The van der Waals surface area contributed by atoms with Crippen molar-refractivity contribution in [1.29, 1.82) is 0 Å². The van der Waals surface area contributed by atoms with Gasteiger partial charge in [-0.05, 0) is 37.0 Å². The van der Waals surface area contributed by atoms with E-state index in [1.165, 1.54) is 18.2 Å². The number of rotatable bonds is 3. The van der Waals surface area contributed by atoms with Crippen LogP contribution in [0, 0.1) is 11.7 Å². The Labute approximate surface area is 122 Å². The van der Waals surface area contributed by atoms with Crippen LogP contribution >= 0.6 is 0 Å². The highest BCUT2D eigenvalue weighted by atomic mass is 19.1. The second kappa shape index (κ2) is 6.43. The van der Waals surface area contributed by atoms with Crippen LogP contribution in [0.2, 0.25) is 0 Å². The fourth-order valence-corrected chi connectivity index (χ4v) is 2.58. The molecule has 1 aliphatic heterocycles. The smallest absolute Gasteiger partial charge is 0.312 e. The zero-order chi connectivity index (χ0) is 15.4. The second-order valence-corrected chi connectivity index (χ2v) is 5.28. The highest BCUT2D eigenvalue weighted by Gasteiger charge is 2.25. The highest BCUT2D eigenvalue weighted by Crippen LogP contribution is 2.19. The van der Waals surface area contributed by atoms with Crippen LogP contribution in [0.4, 0.5) is 14.9 Å². The molecule has 1 aromatic rings. The van der Waals surface area contributed by atoms with Crippen LogP contribution in [0.25, 0.3) is 0 Å². The van der Waals surface area contributed by atoms with Crippen LogP contribution in [0.1, 0.15) is 23.2 Å². The van der Waals surface area contributed by atoms with Gasteiger partial charge in [0.15, 0.2) is 0 Å². The van der Waals surface area contributed by atoms with Crippen LogP contribution in [0.3, 0.4) is 0 Å². The molecule has 3 amide bonds. The summed E-state index contributed by atoms with van der Waals surface area (Å²) in [6.45, 7) is 1.56. The Morgan fingerprint density at radius 2 is 2.14 bits per heavy atom. The number of nitrogens with two attached hydrogens (primary N) is 2. The third kappa shape index (κ3) is 4.08. The molecular weight excluding hydrogens is 275 g/mol. The largest absolute Gasteiger partial charge is 0.399 e. The van der Waals surface area contributed by atoms with Crippen molar-refractivity contribution in [2.75, 3.05) is 25.4 Å². The number of nitrogen functional groups attached to an aromatic ring is 1. The topological polar surface area (TPSA) is 101 Å². The summed E-state index contributed by atoms with van der Waals surface area (Å²) in [5, 5.41) is 2.55. The normalized spacial score (nSPS) is 18.3. The van der Waals surface area contributed by atoms with Gasteiger partial charge in [-0.3, -0.25) is 4.79 Å². The molecule has 1 heterocycles. The van der Waals surface area contributed by atoms with Crippen LogP contribution in [-0.2, 0) is 0 Å². The number of urea groups is 1. The van der Waals surface area contributed by atoms with E-state index < -0.39 is 11.8 Å². The molecule has 21 heavy (non-hydrogen) atoms. The number of nitrogens with zero attached hydrogens (tertiary/aromatic N) is 1. The predicted octanol–water partition coefficient (Wildman–Crippen LogP) is 0.928. The molecule has 1 atom stereocenters. The number of primary amides is 1. The monoisotopic (exact) mass is 294 g/mol. The standard InChI is InChI=1S/C14H19FN4O2/c15-11-4-10(5-12(16)6-11)13(20)19-3-1-2-9(8-19)7-18-14(17)21/h4-6,9H,1-3,7-8,16H2,(H3,17,18,21). The first-order valence-electron chi connectivity index (χ1n) is 6.84. The average molecular weight is 294 g/mol. The molecule has 0 bridgehead atoms. The van der Waals surface area contributed by atoms with E-state index in [2.05, 4.69) is 5.32 Å². The van der Waals surface area contributed by atoms with Gasteiger partial charge in [-0.1, -0.05) is 0 Å². The lowest BCUT2D eigenvalue weighted by Crippen LogP contribution is -2.44. The summed E-state index contributed by atoms with van der Waals surface area (Å²) in [7, 11) is 0. The van der Waals surface area contributed by atoms with Crippen molar-refractivity contribution in [3.8, 4) is 0 Å². The lowest BCUT2D eigenvalue weighted by Gasteiger charge is -2.32. The number of piperidine rings is 1. The van der Waals surface area contributed by atoms with E-state index >= 15 is 0 Å². The van der Waals surface area contributed by atoms with Crippen LogP contribution in [0.15, 0.2) is 18.2 Å². The predicted molar refractivity (Wildman–Crippen MR) is 77.0 cm³/mol. The maximum Gasteiger partial charge on any atom is 0.312 e. The molecule has 1 unspecified atom stereocenters. The first kappa shape index (κ1) is 15.1. The highest BCUT2D eigenvalue weighted by molar-refractivity contribution is 5.95. The van der Waals surface area contributed by atoms with Crippen molar-refractivity contribution in [3.05, 3.63) is 29.6 Å². The number of carbonyl (C=O) groups excluding carboxylic acids is 2. The van der Waals surface area contributed by atoms with E-state index in [-0.39, 0.29) is 23.1 Å². The number of amides is 3. The van der Waals surface area contributed by atoms with E-state index in [1.54, 1.807) is 4.90 Å². The number of hydrogen-bond acceptors (Lipinski definition) is 3. The van der Waals surface area contributed by atoms with Crippen molar-refractivity contribution < 1.29 is 14.0 Å². The van der Waals surface area contributed by atoms with Crippen molar-refractivity contribution in [3.63, 3.8) is 0 Å². The van der Waals surface area contributed by atoms with Gasteiger partial charge in [0.25, 0.3) is 5.91 Å². The van der Waals surface area contributed by atoms with Crippen LogP contribution in [0.5, 0.6) is 0 Å². The summed E-state index contributed by atoms with van der Waals surface area (Å²) in [5.74, 6) is -0.617. The molecule has 0 radical (unpaired) electrons. The molecule has 1 fully saturated rings. The van der Waals surface area contributed by atoms with E-state index in [0.717, 1.165) is 12.8 Å². The minimum absolute atomic E-state index is 0.154. The Morgan fingerprint density at radius 1 is 1.38 bits per heavy atom. The quantitative estimate of drug-likeness (QED) is 0.723. The van der Waals surface area contributed by atoms with Crippen molar-refractivity contribution in [2.45, 2.75) is 12.8 Å². The zero-order valence-corrected chi connectivity index (χ0v) is 11.6. The molecule has 0 aliphatic carbocycles. The van der Waals surface area contributed by atoms with Gasteiger partial charge in [-0.2, -0.15) is 0 Å². The summed E-state index contributed by atoms with van der Waals surface area (Å²) >= 11 is 0. The van der Waals surface area contributed by atoms with E-state index in [4.69, 9.17) is 11.5 Å². The molecule has 1 aliphatic rings. The molecular formula is C14H19FN4O2. The van der Waals surface area contributed by atoms with E-state index in [9.17, 15) is 14.0 Å². The molecule has 7 heteroatoms. The molecule has 6 nitrogen and oxygen atoms in total. The summed E-state index contributed by atoms with van der Waals surface area (Å²) in [4.78, 5) is 24.8. The molecule has 114 valence electrons. The second-order valence-electron chi connectivity index (χ2n) is 5.28. The van der Waals surface area contributed by atoms with Crippen LogP contribution in [-0.4, -0.2) is 36.5 Å². The van der Waals surface area contributed by atoms with Crippen molar-refractivity contribution in [1.82, 2.24) is 10.2 Å². The van der Waals surface area contributed by atoms with E-state index in [1.807, 2.05) is 0 Å². The number of nitrogens with one attached hydrogen (secondary N) is 1. The lowest BCUT2D eigenvalue weighted by molar-refractivity contribution is 0.0674. The van der Waals surface area contributed by atoms with Gasteiger partial charge in [-0.15, -0.1) is 0 Å². The number of carbonyl (C=O) groups is 2. The minimum atomic E-state index is -0.573. The molecule has 5 N–H and O–H groups in total. The van der Waals surface area contributed by atoms with Gasteiger partial charge < -0.3 is 21.7 Å². The number of likely N-dealkylation sites (tertiary alicyclic amines) is 1. The molecule has 1 aromatic carbocycles. The van der Waals surface area contributed by atoms with Gasteiger partial charge in [0.1, 0.15) is 5.82 Å². The number of hydrogen-bond donors (Lipinski definition) is 3. The van der Waals surface area contributed by atoms with Crippen molar-refractivity contribution >= 4 is 17.6 Å². The third-order valence-corrected chi connectivity index (χ3v) is 3.54. The summed E-state index contributed by atoms with van der Waals surface area (Å²) in [6, 6.07) is 3.25. The Morgan fingerprint density at radius 3 is 2.81 bits per heavy atom.